The normalized spacial score (nSPS) is 10.8. The predicted octanol–water partition coefficient (Wildman–Crippen LogP) is 3.71. The van der Waals surface area contributed by atoms with E-state index < -0.39 is 0 Å². The van der Waals surface area contributed by atoms with Gasteiger partial charge in [-0.2, -0.15) is 4.73 Å². The number of nitrogens with zero attached hydrogens (tertiary/aromatic N) is 2. The first kappa shape index (κ1) is 17.9. The van der Waals surface area contributed by atoms with Crippen LogP contribution in [-0.4, -0.2) is 18.0 Å². The van der Waals surface area contributed by atoms with Crippen LogP contribution in [0.4, 0.5) is 5.13 Å². The minimum atomic E-state index is -0.136. The van der Waals surface area contributed by atoms with Crippen molar-refractivity contribution in [3.8, 4) is 27.4 Å². The molecule has 0 aliphatic heterocycles. The summed E-state index contributed by atoms with van der Waals surface area (Å²) in [4.78, 5) is 17.5. The number of thiazole rings is 1. The number of ether oxygens (including phenoxy) is 1. The monoisotopic (exact) mass is 369 g/mol. The Balaban J connectivity index is 2.05. The van der Waals surface area contributed by atoms with Gasteiger partial charge >= 0.3 is 0 Å². The molecule has 1 amide bonds. The molecule has 2 heterocycles. The highest BCUT2D eigenvalue weighted by molar-refractivity contribution is 7.19. The molecule has 0 saturated carbocycles. The van der Waals surface area contributed by atoms with Gasteiger partial charge in [-0.1, -0.05) is 25.2 Å². The van der Waals surface area contributed by atoms with Gasteiger partial charge in [-0.15, -0.1) is 0 Å². The summed E-state index contributed by atoms with van der Waals surface area (Å²) < 4.78 is 5.94. The predicted molar refractivity (Wildman–Crippen MR) is 102 cm³/mol. The van der Waals surface area contributed by atoms with E-state index in [1.54, 1.807) is 19.2 Å². The number of benzene rings is 1. The standard InChI is InChI=1S/C19H19N3O3S/c1-12(2)18(23)21-19-20-16(13-4-6-15(25-3)7-5-13)17(26-19)14-8-10-22(24)11-9-14/h4-12H,1-3H3,(H,20,21,23). The largest absolute Gasteiger partial charge is 0.619 e. The Morgan fingerprint density at radius 2 is 1.81 bits per heavy atom. The number of hydrogen-bond donors (Lipinski definition) is 1. The first-order valence-electron chi connectivity index (χ1n) is 8.13. The van der Waals surface area contributed by atoms with Crippen molar-refractivity contribution in [1.29, 1.82) is 0 Å². The minimum Gasteiger partial charge on any atom is -0.619 e. The Bertz CT molecular complexity index is 903. The van der Waals surface area contributed by atoms with E-state index in [0.717, 1.165) is 32.2 Å². The van der Waals surface area contributed by atoms with Gasteiger partial charge in [-0.05, 0) is 24.3 Å². The number of carbonyl (C=O) groups excluding carboxylic acids is 1. The summed E-state index contributed by atoms with van der Waals surface area (Å²) in [6.07, 6.45) is 2.89. The van der Waals surface area contributed by atoms with E-state index in [2.05, 4.69) is 10.3 Å². The molecule has 7 heteroatoms. The average Bonchev–Trinajstić information content (AvgIpc) is 3.06. The maximum atomic E-state index is 12.0. The van der Waals surface area contributed by atoms with Gasteiger partial charge in [-0.25, -0.2) is 4.98 Å². The molecule has 0 saturated heterocycles. The third kappa shape index (κ3) is 3.83. The maximum Gasteiger partial charge on any atom is 0.228 e. The number of methoxy groups -OCH3 is 1. The van der Waals surface area contributed by atoms with E-state index in [9.17, 15) is 10.0 Å². The van der Waals surface area contributed by atoms with Gasteiger partial charge < -0.3 is 15.3 Å². The van der Waals surface area contributed by atoms with E-state index >= 15 is 0 Å². The van der Waals surface area contributed by atoms with Crippen LogP contribution in [0.3, 0.4) is 0 Å². The van der Waals surface area contributed by atoms with Gasteiger partial charge in [0.2, 0.25) is 5.91 Å². The molecule has 0 aliphatic rings. The van der Waals surface area contributed by atoms with Crippen LogP contribution in [0.5, 0.6) is 5.75 Å². The van der Waals surface area contributed by atoms with Crippen molar-refractivity contribution in [3.05, 3.63) is 54.0 Å². The molecular weight excluding hydrogens is 350 g/mol. The molecule has 0 aliphatic carbocycles. The lowest BCUT2D eigenvalue weighted by Gasteiger charge is -2.04. The Morgan fingerprint density at radius 1 is 1.15 bits per heavy atom. The molecule has 6 nitrogen and oxygen atoms in total. The number of rotatable bonds is 5. The smallest absolute Gasteiger partial charge is 0.228 e. The lowest BCUT2D eigenvalue weighted by Crippen LogP contribution is -2.23. The van der Waals surface area contributed by atoms with E-state index in [4.69, 9.17) is 4.74 Å². The Kier molecular flexibility index (Phi) is 5.18. The third-order valence-electron chi connectivity index (χ3n) is 3.81. The summed E-state index contributed by atoms with van der Waals surface area (Å²) in [6.45, 7) is 3.66. The number of pyridine rings is 1. The van der Waals surface area contributed by atoms with Gasteiger partial charge in [0.05, 0.1) is 17.7 Å². The van der Waals surface area contributed by atoms with Crippen LogP contribution in [0.1, 0.15) is 13.8 Å². The second kappa shape index (κ2) is 7.53. The number of amides is 1. The van der Waals surface area contributed by atoms with Crippen molar-refractivity contribution in [3.63, 3.8) is 0 Å². The highest BCUT2D eigenvalue weighted by Crippen LogP contribution is 2.39. The highest BCUT2D eigenvalue weighted by atomic mass is 32.1. The fourth-order valence-electron chi connectivity index (χ4n) is 2.33. The Morgan fingerprint density at radius 3 is 2.38 bits per heavy atom. The summed E-state index contributed by atoms with van der Waals surface area (Å²) in [6, 6.07) is 11.0. The highest BCUT2D eigenvalue weighted by Gasteiger charge is 2.18. The quantitative estimate of drug-likeness (QED) is 0.549. The molecule has 3 aromatic rings. The molecule has 0 bridgehead atoms. The van der Waals surface area contributed by atoms with Gasteiger partial charge in [-0.3, -0.25) is 4.79 Å². The molecule has 26 heavy (non-hydrogen) atoms. The lowest BCUT2D eigenvalue weighted by molar-refractivity contribution is -0.605. The zero-order valence-corrected chi connectivity index (χ0v) is 15.5. The number of carbonyl (C=O) groups is 1. The SMILES string of the molecule is COc1ccc(-c2nc(NC(=O)C(C)C)sc2-c2cc[n+]([O-])cc2)cc1. The number of hydrogen-bond acceptors (Lipinski definition) is 5. The lowest BCUT2D eigenvalue weighted by atomic mass is 10.1. The topological polar surface area (TPSA) is 78.2 Å². The van der Waals surface area contributed by atoms with Gasteiger partial charge in [0.1, 0.15) is 5.75 Å². The zero-order valence-electron chi connectivity index (χ0n) is 14.7. The molecule has 1 aromatic carbocycles. The molecular formula is C19H19N3O3S. The molecule has 3 rings (SSSR count). The van der Waals surface area contributed by atoms with Crippen LogP contribution in [-0.2, 0) is 4.79 Å². The van der Waals surface area contributed by atoms with E-state index in [1.165, 1.54) is 23.7 Å². The maximum absolute atomic E-state index is 12.0. The zero-order chi connectivity index (χ0) is 18.7. The molecule has 1 N–H and O–H groups in total. The third-order valence-corrected chi connectivity index (χ3v) is 4.83. The molecule has 0 unspecified atom stereocenters. The molecule has 0 atom stereocenters. The average molecular weight is 369 g/mol. The van der Waals surface area contributed by atoms with E-state index in [0.29, 0.717) is 5.13 Å². The Hall–Kier alpha value is -2.93. The summed E-state index contributed by atoms with van der Waals surface area (Å²) >= 11 is 1.38. The molecule has 0 spiro atoms. The van der Waals surface area contributed by atoms with Crippen molar-refractivity contribution in [2.24, 2.45) is 5.92 Å². The second-order valence-electron chi connectivity index (χ2n) is 6.02. The summed E-state index contributed by atoms with van der Waals surface area (Å²) in [5.74, 6) is 0.533. The van der Waals surface area contributed by atoms with Crippen molar-refractivity contribution in [1.82, 2.24) is 4.98 Å². The van der Waals surface area contributed by atoms with Crippen LogP contribution in [0.2, 0.25) is 0 Å². The van der Waals surface area contributed by atoms with Crippen molar-refractivity contribution in [2.75, 3.05) is 12.4 Å². The Labute approximate surface area is 155 Å². The number of nitrogens with one attached hydrogen (secondary N) is 1. The van der Waals surface area contributed by atoms with Crippen LogP contribution in [0, 0.1) is 11.1 Å². The summed E-state index contributed by atoms with van der Waals surface area (Å²) in [7, 11) is 1.62. The first-order valence-corrected chi connectivity index (χ1v) is 8.95. The fraction of sp³-hybridized carbons (Fsp3) is 0.211. The molecule has 0 radical (unpaired) electrons. The van der Waals surface area contributed by atoms with Crippen LogP contribution in [0.15, 0.2) is 48.8 Å². The van der Waals surface area contributed by atoms with E-state index in [1.807, 2.05) is 38.1 Å². The van der Waals surface area contributed by atoms with Crippen molar-refractivity contribution < 1.29 is 14.3 Å². The van der Waals surface area contributed by atoms with Crippen LogP contribution < -0.4 is 14.8 Å². The second-order valence-corrected chi connectivity index (χ2v) is 7.01. The first-order chi connectivity index (χ1) is 12.5. The van der Waals surface area contributed by atoms with Crippen molar-refractivity contribution in [2.45, 2.75) is 13.8 Å². The number of anilines is 1. The summed E-state index contributed by atoms with van der Waals surface area (Å²) in [5, 5.41) is 14.7. The molecule has 134 valence electrons. The number of aromatic nitrogens is 2. The summed E-state index contributed by atoms with van der Waals surface area (Å²) in [5.41, 5.74) is 2.52. The van der Waals surface area contributed by atoms with Gasteiger partial charge in [0.15, 0.2) is 17.5 Å². The van der Waals surface area contributed by atoms with Gasteiger partial charge in [0, 0.05) is 29.2 Å². The molecule has 0 fully saturated rings. The van der Waals surface area contributed by atoms with Crippen LogP contribution >= 0.6 is 11.3 Å². The van der Waals surface area contributed by atoms with Crippen LogP contribution in [0.25, 0.3) is 21.7 Å². The van der Waals surface area contributed by atoms with Crippen molar-refractivity contribution >= 4 is 22.4 Å². The van der Waals surface area contributed by atoms with E-state index in [-0.39, 0.29) is 11.8 Å². The van der Waals surface area contributed by atoms with Gasteiger partial charge in [0.25, 0.3) is 0 Å². The minimum absolute atomic E-state index is 0.0861. The fourth-order valence-corrected chi connectivity index (χ4v) is 3.32. The molecule has 2 aromatic heterocycles.